The van der Waals surface area contributed by atoms with Crippen molar-refractivity contribution >= 4 is 22.6 Å². The fourth-order valence-electron chi connectivity index (χ4n) is 2.77. The van der Waals surface area contributed by atoms with Crippen molar-refractivity contribution < 1.29 is 4.79 Å². The van der Waals surface area contributed by atoms with Gasteiger partial charge in [0.1, 0.15) is 0 Å². The molecule has 0 radical (unpaired) electrons. The summed E-state index contributed by atoms with van der Waals surface area (Å²) in [6.45, 7) is 1.62. The molecule has 0 atom stereocenters. The lowest BCUT2D eigenvalue weighted by molar-refractivity contribution is 0.158. The first-order valence-electron chi connectivity index (χ1n) is 7.29. The lowest BCUT2D eigenvalue weighted by Crippen LogP contribution is -2.46. The molecule has 2 aromatic rings. The Bertz CT molecular complexity index is 628. The number of carbonyl (C=O) groups excluding carboxylic acids is 1. The van der Waals surface area contributed by atoms with Crippen molar-refractivity contribution in [3.05, 3.63) is 24.4 Å². The zero-order chi connectivity index (χ0) is 14.8. The summed E-state index contributed by atoms with van der Waals surface area (Å²) < 4.78 is 0. The molecular weight excluding hydrogens is 266 g/mol. The van der Waals surface area contributed by atoms with E-state index < -0.39 is 0 Å². The number of aromatic amines is 1. The van der Waals surface area contributed by atoms with Crippen LogP contribution in [0.5, 0.6) is 0 Å². The lowest BCUT2D eigenvalue weighted by Gasteiger charge is -2.34. The summed E-state index contributed by atoms with van der Waals surface area (Å²) >= 11 is 0. The molecule has 0 aliphatic carbocycles. The van der Waals surface area contributed by atoms with E-state index in [1.807, 2.05) is 17.2 Å². The Kier molecular flexibility index (Phi) is 3.68. The molecule has 1 aromatic heterocycles. The monoisotopic (exact) mass is 287 g/mol. The first kappa shape index (κ1) is 13.7. The van der Waals surface area contributed by atoms with Crippen LogP contribution in [0.3, 0.4) is 0 Å². The average Bonchev–Trinajstić information content (AvgIpc) is 2.95. The van der Waals surface area contributed by atoms with E-state index in [0.717, 1.165) is 42.5 Å². The second-order valence-electron chi connectivity index (χ2n) is 5.75. The fraction of sp³-hybridized carbons (Fsp3) is 0.467. The SMILES string of the molecule is CN(C)C(=O)N1CCC(Nc2ccc3[nH]ncc3c2)CC1. The normalized spacial score (nSPS) is 16.2. The number of nitrogens with zero attached hydrogens (tertiary/aromatic N) is 3. The quantitative estimate of drug-likeness (QED) is 0.889. The van der Waals surface area contributed by atoms with E-state index in [1.165, 1.54) is 0 Å². The number of rotatable bonds is 2. The highest BCUT2D eigenvalue weighted by molar-refractivity contribution is 5.81. The largest absolute Gasteiger partial charge is 0.382 e. The molecule has 2 heterocycles. The summed E-state index contributed by atoms with van der Waals surface area (Å²) in [6.07, 6.45) is 3.78. The molecule has 6 heteroatoms. The van der Waals surface area contributed by atoms with Gasteiger partial charge in [-0.15, -0.1) is 0 Å². The number of carbonyl (C=O) groups is 1. The van der Waals surface area contributed by atoms with Gasteiger partial charge in [-0.3, -0.25) is 5.10 Å². The van der Waals surface area contributed by atoms with E-state index in [2.05, 4.69) is 27.6 Å². The van der Waals surface area contributed by atoms with Crippen LogP contribution in [0.4, 0.5) is 10.5 Å². The summed E-state index contributed by atoms with van der Waals surface area (Å²) in [5.74, 6) is 0. The minimum atomic E-state index is 0.105. The Morgan fingerprint density at radius 2 is 2.14 bits per heavy atom. The predicted octanol–water partition coefficient (Wildman–Crippen LogP) is 2.12. The molecule has 0 bridgehead atoms. The van der Waals surface area contributed by atoms with Gasteiger partial charge in [-0.05, 0) is 31.0 Å². The third kappa shape index (κ3) is 2.94. The number of aromatic nitrogens is 2. The molecular formula is C15H21N5O. The van der Waals surface area contributed by atoms with Crippen molar-refractivity contribution in [2.45, 2.75) is 18.9 Å². The molecule has 2 amide bonds. The number of piperidine rings is 1. The van der Waals surface area contributed by atoms with Gasteiger partial charge in [-0.2, -0.15) is 5.10 Å². The van der Waals surface area contributed by atoms with E-state index in [1.54, 1.807) is 19.0 Å². The molecule has 0 unspecified atom stereocenters. The summed E-state index contributed by atoms with van der Waals surface area (Å²) in [7, 11) is 3.60. The summed E-state index contributed by atoms with van der Waals surface area (Å²) in [6, 6.07) is 6.73. The third-order valence-electron chi connectivity index (χ3n) is 3.96. The van der Waals surface area contributed by atoms with Gasteiger partial charge in [0.2, 0.25) is 0 Å². The number of H-pyrrole nitrogens is 1. The Hall–Kier alpha value is -2.24. The number of amides is 2. The number of fused-ring (bicyclic) bond motifs is 1. The Balaban J connectivity index is 1.58. The maximum Gasteiger partial charge on any atom is 0.319 e. The maximum absolute atomic E-state index is 11.9. The van der Waals surface area contributed by atoms with Crippen molar-refractivity contribution in [1.29, 1.82) is 0 Å². The van der Waals surface area contributed by atoms with Crippen molar-refractivity contribution in [3.8, 4) is 0 Å². The van der Waals surface area contributed by atoms with Crippen LogP contribution >= 0.6 is 0 Å². The fourth-order valence-corrected chi connectivity index (χ4v) is 2.77. The van der Waals surface area contributed by atoms with Crippen molar-refractivity contribution in [2.24, 2.45) is 0 Å². The first-order valence-corrected chi connectivity index (χ1v) is 7.29. The molecule has 0 saturated carbocycles. The zero-order valence-electron chi connectivity index (χ0n) is 12.5. The van der Waals surface area contributed by atoms with E-state index in [-0.39, 0.29) is 6.03 Å². The second-order valence-corrected chi connectivity index (χ2v) is 5.75. The molecule has 1 saturated heterocycles. The standard InChI is InChI=1S/C15H21N5O/c1-19(2)15(21)20-7-5-12(6-8-20)17-13-3-4-14-11(9-13)10-16-18-14/h3-4,9-10,12,17H,5-8H2,1-2H3,(H,16,18). The number of hydrogen-bond acceptors (Lipinski definition) is 3. The number of benzene rings is 1. The van der Waals surface area contributed by atoms with E-state index in [0.29, 0.717) is 6.04 Å². The molecule has 1 aliphatic heterocycles. The van der Waals surface area contributed by atoms with Crippen LogP contribution in [0.1, 0.15) is 12.8 Å². The van der Waals surface area contributed by atoms with Gasteiger partial charge in [0.25, 0.3) is 0 Å². The summed E-state index contributed by atoms with van der Waals surface area (Å²) in [5.41, 5.74) is 2.16. The smallest absolute Gasteiger partial charge is 0.319 e. The molecule has 1 aromatic carbocycles. The van der Waals surface area contributed by atoms with Gasteiger partial charge in [0.15, 0.2) is 0 Å². The van der Waals surface area contributed by atoms with Crippen LogP contribution in [0.2, 0.25) is 0 Å². The first-order chi connectivity index (χ1) is 10.1. The van der Waals surface area contributed by atoms with E-state index in [4.69, 9.17) is 0 Å². The minimum Gasteiger partial charge on any atom is -0.382 e. The van der Waals surface area contributed by atoms with Gasteiger partial charge in [-0.1, -0.05) is 0 Å². The molecule has 6 nitrogen and oxygen atoms in total. The Morgan fingerprint density at radius 1 is 1.38 bits per heavy atom. The van der Waals surface area contributed by atoms with E-state index in [9.17, 15) is 4.79 Å². The number of anilines is 1. The van der Waals surface area contributed by atoms with Gasteiger partial charge < -0.3 is 15.1 Å². The molecule has 1 aliphatic rings. The summed E-state index contributed by atoms with van der Waals surface area (Å²) in [4.78, 5) is 15.5. The van der Waals surface area contributed by atoms with Gasteiger partial charge in [0.05, 0.1) is 11.7 Å². The highest BCUT2D eigenvalue weighted by atomic mass is 16.2. The topological polar surface area (TPSA) is 64.3 Å². The Labute approximate surface area is 124 Å². The number of likely N-dealkylation sites (tertiary alicyclic amines) is 1. The number of nitrogens with one attached hydrogen (secondary N) is 2. The molecule has 1 fully saturated rings. The predicted molar refractivity (Wildman–Crippen MR) is 83.4 cm³/mol. The summed E-state index contributed by atoms with van der Waals surface area (Å²) in [5, 5.41) is 11.7. The van der Waals surface area contributed by atoms with Crippen LogP contribution in [0.25, 0.3) is 10.9 Å². The van der Waals surface area contributed by atoms with Crippen molar-refractivity contribution in [2.75, 3.05) is 32.5 Å². The van der Waals surface area contributed by atoms with Crippen molar-refractivity contribution in [1.82, 2.24) is 20.0 Å². The minimum absolute atomic E-state index is 0.105. The molecule has 3 rings (SSSR count). The lowest BCUT2D eigenvalue weighted by atomic mass is 10.0. The van der Waals surface area contributed by atoms with Gasteiger partial charge in [0, 0.05) is 44.3 Å². The zero-order valence-corrected chi connectivity index (χ0v) is 12.5. The number of hydrogen-bond donors (Lipinski definition) is 2. The van der Waals surface area contributed by atoms with Gasteiger partial charge >= 0.3 is 6.03 Å². The van der Waals surface area contributed by atoms with Crippen LogP contribution in [0, 0.1) is 0 Å². The van der Waals surface area contributed by atoms with Crippen molar-refractivity contribution in [3.63, 3.8) is 0 Å². The maximum atomic E-state index is 11.9. The molecule has 112 valence electrons. The number of urea groups is 1. The van der Waals surface area contributed by atoms with Crippen LogP contribution in [-0.2, 0) is 0 Å². The van der Waals surface area contributed by atoms with E-state index >= 15 is 0 Å². The highest BCUT2D eigenvalue weighted by Crippen LogP contribution is 2.21. The molecule has 2 N–H and O–H groups in total. The Morgan fingerprint density at radius 3 is 2.86 bits per heavy atom. The average molecular weight is 287 g/mol. The van der Waals surface area contributed by atoms with Crippen LogP contribution in [-0.4, -0.2) is 59.3 Å². The highest BCUT2D eigenvalue weighted by Gasteiger charge is 2.23. The van der Waals surface area contributed by atoms with Crippen LogP contribution in [0.15, 0.2) is 24.4 Å². The molecule has 21 heavy (non-hydrogen) atoms. The molecule has 0 spiro atoms. The van der Waals surface area contributed by atoms with Gasteiger partial charge in [-0.25, -0.2) is 4.79 Å². The third-order valence-corrected chi connectivity index (χ3v) is 3.96. The van der Waals surface area contributed by atoms with Crippen LogP contribution < -0.4 is 5.32 Å². The second kappa shape index (κ2) is 5.63.